The number of hydrogen-bond acceptors (Lipinski definition) is 3. The minimum Gasteiger partial charge on any atom is -0.339 e. The van der Waals surface area contributed by atoms with E-state index in [0.717, 1.165) is 12.1 Å². The molecule has 0 N–H and O–H groups in total. The highest BCUT2D eigenvalue weighted by Gasteiger charge is 2.33. The van der Waals surface area contributed by atoms with Crippen molar-refractivity contribution in [2.75, 3.05) is 33.2 Å². The average molecular weight is 363 g/mol. The molecule has 1 aliphatic rings. The predicted octanol–water partition coefficient (Wildman–Crippen LogP) is 2.36. The first-order valence-corrected chi connectivity index (χ1v) is 9.32. The Hall–Kier alpha value is -1.95. The SMILES string of the molecule is CCN(C)CC(=O)N1CCC(=O)N(Cc2ccc(F)cc2)[C@@H](C(C)C)C1. The predicted molar refractivity (Wildman–Crippen MR) is 99.9 cm³/mol. The molecule has 1 aromatic rings. The Kier molecular flexibility index (Phi) is 7.14. The van der Waals surface area contributed by atoms with E-state index in [4.69, 9.17) is 0 Å². The molecule has 1 aliphatic heterocycles. The van der Waals surface area contributed by atoms with Crippen LogP contribution in [0.4, 0.5) is 4.39 Å². The number of carbonyl (C=O) groups excluding carboxylic acids is 2. The molecule has 0 unspecified atom stereocenters. The second-order valence-corrected chi connectivity index (χ2v) is 7.38. The van der Waals surface area contributed by atoms with Gasteiger partial charge >= 0.3 is 0 Å². The van der Waals surface area contributed by atoms with E-state index in [9.17, 15) is 14.0 Å². The van der Waals surface area contributed by atoms with Crippen molar-refractivity contribution in [1.82, 2.24) is 14.7 Å². The fraction of sp³-hybridized carbons (Fsp3) is 0.600. The van der Waals surface area contributed by atoms with Crippen LogP contribution in [0.2, 0.25) is 0 Å². The van der Waals surface area contributed by atoms with E-state index < -0.39 is 0 Å². The second-order valence-electron chi connectivity index (χ2n) is 7.38. The summed E-state index contributed by atoms with van der Waals surface area (Å²) in [4.78, 5) is 31.0. The van der Waals surface area contributed by atoms with E-state index in [1.165, 1.54) is 12.1 Å². The number of halogens is 1. The zero-order valence-corrected chi connectivity index (χ0v) is 16.2. The Morgan fingerprint density at radius 3 is 2.54 bits per heavy atom. The van der Waals surface area contributed by atoms with Gasteiger partial charge in [0, 0.05) is 26.1 Å². The molecule has 1 saturated heterocycles. The molecule has 2 rings (SSSR count). The third kappa shape index (κ3) is 5.27. The first-order chi connectivity index (χ1) is 12.3. The summed E-state index contributed by atoms with van der Waals surface area (Å²) in [7, 11) is 1.92. The van der Waals surface area contributed by atoms with Gasteiger partial charge < -0.3 is 9.80 Å². The van der Waals surface area contributed by atoms with Crippen LogP contribution in [0, 0.1) is 11.7 Å². The summed E-state index contributed by atoms with van der Waals surface area (Å²) in [6, 6.07) is 6.20. The molecular weight excluding hydrogens is 333 g/mol. The number of amides is 2. The lowest BCUT2D eigenvalue weighted by Crippen LogP contribution is -2.48. The van der Waals surface area contributed by atoms with Gasteiger partial charge in [0.2, 0.25) is 11.8 Å². The van der Waals surface area contributed by atoms with E-state index in [1.54, 1.807) is 12.1 Å². The van der Waals surface area contributed by atoms with E-state index >= 15 is 0 Å². The van der Waals surface area contributed by atoms with E-state index in [0.29, 0.717) is 32.6 Å². The lowest BCUT2D eigenvalue weighted by Gasteiger charge is -2.35. The van der Waals surface area contributed by atoms with Crippen LogP contribution in [-0.2, 0) is 16.1 Å². The van der Waals surface area contributed by atoms with Crippen LogP contribution in [0.3, 0.4) is 0 Å². The van der Waals surface area contributed by atoms with Crippen LogP contribution in [0.5, 0.6) is 0 Å². The molecule has 1 atom stereocenters. The molecule has 0 saturated carbocycles. The van der Waals surface area contributed by atoms with Gasteiger partial charge in [-0.1, -0.05) is 32.9 Å². The number of carbonyl (C=O) groups is 2. The number of likely N-dealkylation sites (N-methyl/N-ethyl adjacent to an activating group) is 1. The summed E-state index contributed by atoms with van der Waals surface area (Å²) < 4.78 is 13.2. The smallest absolute Gasteiger partial charge is 0.236 e. The zero-order chi connectivity index (χ0) is 19.3. The van der Waals surface area contributed by atoms with E-state index in [-0.39, 0.29) is 29.6 Å². The van der Waals surface area contributed by atoms with Crippen molar-refractivity contribution in [3.63, 3.8) is 0 Å². The summed E-state index contributed by atoms with van der Waals surface area (Å²) in [6.07, 6.45) is 0.325. The topological polar surface area (TPSA) is 43.9 Å². The van der Waals surface area contributed by atoms with Gasteiger partial charge in [-0.2, -0.15) is 0 Å². The minimum atomic E-state index is -0.284. The van der Waals surface area contributed by atoms with Crippen molar-refractivity contribution in [1.29, 1.82) is 0 Å². The second kappa shape index (κ2) is 9.12. The van der Waals surface area contributed by atoms with Gasteiger partial charge in [0.1, 0.15) is 5.82 Å². The van der Waals surface area contributed by atoms with Crippen molar-refractivity contribution in [2.24, 2.45) is 5.92 Å². The van der Waals surface area contributed by atoms with Gasteiger partial charge in [-0.05, 0) is 37.2 Å². The highest BCUT2D eigenvalue weighted by molar-refractivity contribution is 5.81. The van der Waals surface area contributed by atoms with Crippen LogP contribution in [0.1, 0.15) is 32.8 Å². The molecule has 6 heteroatoms. The van der Waals surface area contributed by atoms with Crippen molar-refractivity contribution in [2.45, 2.75) is 39.8 Å². The van der Waals surface area contributed by atoms with Crippen LogP contribution in [-0.4, -0.2) is 65.8 Å². The van der Waals surface area contributed by atoms with Crippen molar-refractivity contribution < 1.29 is 14.0 Å². The Morgan fingerprint density at radius 1 is 1.31 bits per heavy atom. The van der Waals surface area contributed by atoms with Gasteiger partial charge in [0.05, 0.1) is 12.6 Å². The molecule has 0 bridgehead atoms. The molecule has 2 amide bonds. The molecule has 26 heavy (non-hydrogen) atoms. The minimum absolute atomic E-state index is 0.0483. The van der Waals surface area contributed by atoms with Gasteiger partial charge in [0.25, 0.3) is 0 Å². The van der Waals surface area contributed by atoms with Crippen LogP contribution >= 0.6 is 0 Å². The maximum absolute atomic E-state index is 13.2. The first kappa shape index (κ1) is 20.4. The summed E-state index contributed by atoms with van der Waals surface area (Å²) in [5.41, 5.74) is 0.899. The monoisotopic (exact) mass is 363 g/mol. The molecule has 0 aromatic heterocycles. The summed E-state index contributed by atoms with van der Waals surface area (Å²) >= 11 is 0. The molecule has 1 aromatic carbocycles. The Labute approximate surface area is 155 Å². The van der Waals surface area contributed by atoms with Crippen molar-refractivity contribution in [3.05, 3.63) is 35.6 Å². The van der Waals surface area contributed by atoms with Crippen LogP contribution in [0.15, 0.2) is 24.3 Å². The standard InChI is InChI=1S/C20H30FN3O2/c1-5-22(4)14-20(26)23-11-10-19(25)24(18(13-23)15(2)3)12-16-6-8-17(21)9-7-16/h6-9,15,18H,5,10-14H2,1-4H3/t18-/m1/s1. The normalized spacial score (nSPS) is 18.6. The highest BCUT2D eigenvalue weighted by Crippen LogP contribution is 2.21. The van der Waals surface area contributed by atoms with Crippen LogP contribution in [0.25, 0.3) is 0 Å². The summed E-state index contributed by atoms with van der Waals surface area (Å²) in [6.45, 7) is 8.78. The van der Waals surface area contributed by atoms with Crippen molar-refractivity contribution >= 4 is 11.8 Å². The van der Waals surface area contributed by atoms with E-state index in [2.05, 4.69) is 13.8 Å². The lowest BCUT2D eigenvalue weighted by molar-refractivity contribution is -0.134. The summed E-state index contributed by atoms with van der Waals surface area (Å²) in [5.74, 6) is 0.0495. The number of nitrogens with zero attached hydrogens (tertiary/aromatic N) is 3. The molecule has 5 nitrogen and oxygen atoms in total. The van der Waals surface area contributed by atoms with Gasteiger partial charge in [-0.3, -0.25) is 14.5 Å². The molecule has 1 heterocycles. The average Bonchev–Trinajstić information content (AvgIpc) is 2.76. The maximum atomic E-state index is 13.2. The molecular formula is C20H30FN3O2. The fourth-order valence-electron chi connectivity index (χ4n) is 3.21. The first-order valence-electron chi connectivity index (χ1n) is 9.32. The maximum Gasteiger partial charge on any atom is 0.236 e. The fourth-order valence-corrected chi connectivity index (χ4v) is 3.21. The summed E-state index contributed by atoms with van der Waals surface area (Å²) in [5, 5.41) is 0. The van der Waals surface area contributed by atoms with Gasteiger partial charge in [0.15, 0.2) is 0 Å². The van der Waals surface area contributed by atoms with E-state index in [1.807, 2.05) is 28.7 Å². The molecule has 1 fully saturated rings. The Balaban J connectivity index is 2.16. The molecule has 0 spiro atoms. The van der Waals surface area contributed by atoms with Crippen LogP contribution < -0.4 is 0 Å². The Morgan fingerprint density at radius 2 is 1.96 bits per heavy atom. The number of rotatable bonds is 6. The zero-order valence-electron chi connectivity index (χ0n) is 16.2. The lowest BCUT2D eigenvalue weighted by atomic mass is 10.0. The molecule has 0 aliphatic carbocycles. The molecule has 0 radical (unpaired) electrons. The van der Waals surface area contributed by atoms with Crippen molar-refractivity contribution in [3.8, 4) is 0 Å². The van der Waals surface area contributed by atoms with Gasteiger partial charge in [-0.15, -0.1) is 0 Å². The Bertz CT molecular complexity index is 618. The third-order valence-corrected chi connectivity index (χ3v) is 5.06. The highest BCUT2D eigenvalue weighted by atomic mass is 19.1. The number of benzene rings is 1. The van der Waals surface area contributed by atoms with Gasteiger partial charge in [-0.25, -0.2) is 4.39 Å². The quantitative estimate of drug-likeness (QED) is 0.779. The molecule has 144 valence electrons. The number of hydrogen-bond donors (Lipinski definition) is 0. The largest absolute Gasteiger partial charge is 0.339 e. The third-order valence-electron chi connectivity index (χ3n) is 5.06.